The molecule has 0 bridgehead atoms. The lowest BCUT2D eigenvalue weighted by Gasteiger charge is -2.48. The van der Waals surface area contributed by atoms with Gasteiger partial charge in [0.15, 0.2) is 0 Å². The molecule has 0 radical (unpaired) electrons. The Bertz CT molecular complexity index is 4620. The fourth-order valence-electron chi connectivity index (χ4n) is 17.1. The van der Waals surface area contributed by atoms with Gasteiger partial charge in [-0.05, 0) is 227 Å². The third kappa shape index (κ3) is 8.95. The van der Waals surface area contributed by atoms with Gasteiger partial charge in [0.05, 0.1) is 0 Å². The number of para-hydroxylation sites is 1. The molecule has 0 amide bonds. The van der Waals surface area contributed by atoms with E-state index < -0.39 is 0 Å². The van der Waals surface area contributed by atoms with Crippen molar-refractivity contribution in [2.45, 2.75) is 207 Å². The Hall–Kier alpha value is -7.76. The Labute approximate surface area is 544 Å². The van der Waals surface area contributed by atoms with Crippen LogP contribution in [0.15, 0.2) is 162 Å². The van der Waals surface area contributed by atoms with Gasteiger partial charge in [-0.3, -0.25) is 0 Å². The fourth-order valence-corrected chi connectivity index (χ4v) is 17.1. The molecule has 91 heavy (non-hydrogen) atoms. The van der Waals surface area contributed by atoms with E-state index in [4.69, 9.17) is 4.42 Å². The number of nitrogens with zero attached hydrogens (tertiary/aromatic N) is 3. The maximum Gasteiger partial charge on any atom is 0.333 e. The standard InChI is InChI=1S/C86H94BN3O/c1-51-45-65-68(85(17,18)44-41-82(65,11)12)50-70(51)89-69-40-39-60-62-47-66-67(84(15,16)43-42-83(66,13)14)49-64(62)86(19,20)75(60)77(69)87-76-72(89)48-63-59-23-21-22-24-73(59)91-78(63)74(76)61-38-37-58(46-71(61)90(87)57-35-29-54(30-36-57)81(8,9)10)88(55-31-25-52(26-32-55)79(2,3)4)56-33-27-53(28-34-56)80(5,6)7/h21-40,45-50H,41-44H2,1-20H3. The zero-order valence-corrected chi connectivity index (χ0v) is 58.2. The summed E-state index contributed by atoms with van der Waals surface area (Å²) in [6.07, 6.45) is 4.63. The van der Waals surface area contributed by atoms with Crippen LogP contribution < -0.4 is 25.5 Å². The van der Waals surface area contributed by atoms with Crippen molar-refractivity contribution < 1.29 is 4.42 Å². The lowest BCUT2D eigenvalue weighted by molar-refractivity contribution is 0.331. The molecule has 0 atom stereocenters. The van der Waals surface area contributed by atoms with Crippen LogP contribution in [0.1, 0.15) is 213 Å². The van der Waals surface area contributed by atoms with Crippen molar-refractivity contribution in [2.24, 2.45) is 0 Å². The quantitative estimate of drug-likeness (QED) is 0.160. The Morgan fingerprint density at radius 2 is 0.912 bits per heavy atom. The van der Waals surface area contributed by atoms with Gasteiger partial charge >= 0.3 is 6.85 Å². The highest BCUT2D eigenvalue weighted by Crippen LogP contribution is 2.59. The van der Waals surface area contributed by atoms with Gasteiger partial charge in [0.25, 0.3) is 0 Å². The summed E-state index contributed by atoms with van der Waals surface area (Å²) in [4.78, 5) is 8.00. The summed E-state index contributed by atoms with van der Waals surface area (Å²) in [5.41, 5.74) is 32.7. The Morgan fingerprint density at radius 1 is 0.418 bits per heavy atom. The van der Waals surface area contributed by atoms with Gasteiger partial charge in [-0.25, -0.2) is 0 Å². The van der Waals surface area contributed by atoms with Crippen LogP contribution in [0.5, 0.6) is 0 Å². The average molecular weight is 1200 g/mol. The number of fused-ring (bicyclic) bond motifs is 14. The first-order chi connectivity index (χ1) is 42.7. The summed E-state index contributed by atoms with van der Waals surface area (Å²) in [5.74, 6) is 0. The van der Waals surface area contributed by atoms with Crippen molar-refractivity contribution >= 4 is 85.2 Å². The molecule has 9 aromatic carbocycles. The van der Waals surface area contributed by atoms with Crippen molar-refractivity contribution in [3.05, 3.63) is 213 Å². The second kappa shape index (κ2) is 19.4. The summed E-state index contributed by atoms with van der Waals surface area (Å²) < 4.78 is 7.48. The minimum Gasteiger partial charge on any atom is -0.455 e. The summed E-state index contributed by atoms with van der Waals surface area (Å²) in [7, 11) is 0. The summed E-state index contributed by atoms with van der Waals surface area (Å²) in [5, 5.41) is 2.27. The Morgan fingerprint density at radius 3 is 1.47 bits per heavy atom. The number of furan rings is 1. The molecule has 4 nitrogen and oxygen atoms in total. The highest BCUT2D eigenvalue weighted by atomic mass is 16.3. The zero-order valence-electron chi connectivity index (χ0n) is 58.2. The van der Waals surface area contributed by atoms with E-state index in [9.17, 15) is 0 Å². The van der Waals surface area contributed by atoms with Gasteiger partial charge in [-0.15, -0.1) is 0 Å². The Balaban J connectivity index is 1.09. The SMILES string of the molecule is Cc1cc2c(cc1N1c3ccc4c(c3B3c5c1cc1c(oc6ccccc61)c5-c1ccc(N(c5ccc(C(C)(C)C)cc5)c5ccc(C(C)(C)C)cc5)cc1N3c1ccc(C(C)(C)C)cc1)C(C)(C)c1cc3c(cc1-4)C(C)(C)CCC3(C)C)C(C)(C)CCC2(C)C. The highest BCUT2D eigenvalue weighted by Gasteiger charge is 2.53. The molecular weight excluding hydrogens is 1100 g/mol. The molecule has 15 rings (SSSR count). The van der Waals surface area contributed by atoms with Crippen LogP contribution in [-0.4, -0.2) is 6.85 Å². The van der Waals surface area contributed by atoms with Gasteiger partial charge in [0.2, 0.25) is 0 Å². The van der Waals surface area contributed by atoms with E-state index in [1.807, 2.05) is 0 Å². The molecular formula is C86H94BN3O. The van der Waals surface area contributed by atoms with Gasteiger partial charge in [0, 0.05) is 72.8 Å². The first kappa shape index (κ1) is 59.5. The highest BCUT2D eigenvalue weighted by molar-refractivity contribution is 6.94. The fraction of sp³-hybridized carbons (Fsp3) is 0.372. The number of hydrogen-bond donors (Lipinski definition) is 0. The van der Waals surface area contributed by atoms with E-state index in [1.165, 1.54) is 113 Å². The molecule has 10 aromatic rings. The molecule has 0 fully saturated rings. The normalized spacial score (nSPS) is 17.9. The molecule has 5 aliphatic rings. The van der Waals surface area contributed by atoms with Crippen molar-refractivity contribution in [2.75, 3.05) is 14.6 Å². The van der Waals surface area contributed by atoms with E-state index in [0.717, 1.165) is 68.8 Å². The van der Waals surface area contributed by atoms with Gasteiger partial charge < -0.3 is 19.0 Å². The van der Waals surface area contributed by atoms with Crippen molar-refractivity contribution in [3.63, 3.8) is 0 Å². The van der Waals surface area contributed by atoms with Gasteiger partial charge in [-0.2, -0.15) is 0 Å². The Kier molecular flexibility index (Phi) is 12.7. The largest absolute Gasteiger partial charge is 0.455 e. The van der Waals surface area contributed by atoms with E-state index >= 15 is 0 Å². The van der Waals surface area contributed by atoms with Crippen LogP contribution in [0.4, 0.5) is 45.5 Å². The maximum atomic E-state index is 7.48. The molecule has 0 saturated carbocycles. The van der Waals surface area contributed by atoms with Crippen molar-refractivity contribution in [3.8, 4) is 22.3 Å². The third-order valence-corrected chi connectivity index (χ3v) is 22.9. The van der Waals surface area contributed by atoms with Crippen LogP contribution in [0.3, 0.4) is 0 Å². The zero-order chi connectivity index (χ0) is 64.4. The first-order valence-corrected chi connectivity index (χ1v) is 34.0. The minimum absolute atomic E-state index is 0.00144. The molecule has 0 saturated heterocycles. The summed E-state index contributed by atoms with van der Waals surface area (Å²) in [6, 6.07) is 62.6. The van der Waals surface area contributed by atoms with Crippen LogP contribution in [0.25, 0.3) is 44.2 Å². The second-order valence-corrected chi connectivity index (χ2v) is 34.4. The number of rotatable bonds is 5. The molecule has 0 unspecified atom stereocenters. The second-order valence-electron chi connectivity index (χ2n) is 34.4. The molecule has 3 aliphatic carbocycles. The molecule has 462 valence electrons. The predicted octanol–water partition coefficient (Wildman–Crippen LogP) is 23.0. The molecule has 5 heteroatoms. The maximum absolute atomic E-state index is 7.48. The molecule has 3 heterocycles. The van der Waals surface area contributed by atoms with Crippen molar-refractivity contribution in [1.82, 2.24) is 0 Å². The monoisotopic (exact) mass is 1200 g/mol. The molecule has 0 spiro atoms. The molecule has 2 aliphatic heterocycles. The van der Waals surface area contributed by atoms with Gasteiger partial charge in [-0.1, -0.05) is 210 Å². The predicted molar refractivity (Wildman–Crippen MR) is 391 cm³/mol. The number of benzene rings is 9. The lowest BCUT2D eigenvalue weighted by Crippen LogP contribution is -2.63. The van der Waals surface area contributed by atoms with E-state index in [-0.39, 0.29) is 50.2 Å². The van der Waals surface area contributed by atoms with Crippen LogP contribution in [-0.2, 0) is 43.3 Å². The lowest BCUT2D eigenvalue weighted by atomic mass is 9.41. The third-order valence-electron chi connectivity index (χ3n) is 22.9. The first-order valence-electron chi connectivity index (χ1n) is 34.0. The molecule has 0 N–H and O–H groups in total. The van der Waals surface area contributed by atoms with Gasteiger partial charge in [0.1, 0.15) is 11.2 Å². The van der Waals surface area contributed by atoms with E-state index in [1.54, 1.807) is 0 Å². The van der Waals surface area contributed by atoms with Crippen LogP contribution in [0.2, 0.25) is 0 Å². The van der Waals surface area contributed by atoms with E-state index in [0.29, 0.717) is 0 Å². The summed E-state index contributed by atoms with van der Waals surface area (Å²) >= 11 is 0. The summed E-state index contributed by atoms with van der Waals surface area (Å²) in [6.45, 7) is 47.9. The van der Waals surface area contributed by atoms with Crippen LogP contribution in [0, 0.1) is 6.92 Å². The number of hydrogen-bond acceptors (Lipinski definition) is 4. The van der Waals surface area contributed by atoms with E-state index in [2.05, 4.69) is 311 Å². The van der Waals surface area contributed by atoms with Crippen molar-refractivity contribution in [1.29, 1.82) is 0 Å². The van der Waals surface area contributed by atoms with Crippen LogP contribution >= 0.6 is 0 Å². The number of anilines is 8. The smallest absolute Gasteiger partial charge is 0.333 e. The average Bonchev–Trinajstić information content (AvgIpc) is 1.65. The topological polar surface area (TPSA) is 22.9 Å². The minimum atomic E-state index is -0.383. The number of aryl methyl sites for hydroxylation is 1. The molecule has 1 aromatic heterocycles.